The van der Waals surface area contributed by atoms with Crippen LogP contribution in [-0.4, -0.2) is 25.0 Å². The highest BCUT2D eigenvalue weighted by molar-refractivity contribution is 6.39. The van der Waals surface area contributed by atoms with Crippen molar-refractivity contribution in [1.29, 1.82) is 0 Å². The summed E-state index contributed by atoms with van der Waals surface area (Å²) in [7, 11) is 1.47. The quantitative estimate of drug-likeness (QED) is 0.341. The molecule has 4 rings (SSSR count). The lowest BCUT2D eigenvalue weighted by atomic mass is 10.1. The van der Waals surface area contributed by atoms with Crippen molar-refractivity contribution in [3.8, 4) is 11.5 Å². The monoisotopic (exact) mass is 504 g/mol. The van der Waals surface area contributed by atoms with Crippen LogP contribution in [0.15, 0.2) is 66.2 Å². The van der Waals surface area contributed by atoms with Crippen molar-refractivity contribution in [2.45, 2.75) is 26.9 Å². The summed E-state index contributed by atoms with van der Waals surface area (Å²) in [5.74, 6) is -0.840. The van der Waals surface area contributed by atoms with Gasteiger partial charge in [-0.2, -0.15) is 0 Å². The molecule has 0 aliphatic carbocycles. The molecule has 1 fully saturated rings. The number of halogens is 1. The molecule has 1 aliphatic rings. The highest BCUT2D eigenvalue weighted by atomic mass is 35.5. The average molecular weight is 505 g/mol. The number of carbonyl (C=O) groups excluding carboxylic acids is 3. The first-order chi connectivity index (χ1) is 17.3. The van der Waals surface area contributed by atoms with Crippen LogP contribution in [0, 0.1) is 6.92 Å². The predicted octanol–water partition coefficient (Wildman–Crippen LogP) is 5.46. The van der Waals surface area contributed by atoms with Crippen LogP contribution in [0.5, 0.6) is 11.5 Å². The number of nitrogens with one attached hydrogen (secondary N) is 1. The molecule has 184 valence electrons. The Hall–Kier alpha value is -4.10. The van der Waals surface area contributed by atoms with Gasteiger partial charge in [0.05, 0.1) is 17.8 Å². The van der Waals surface area contributed by atoms with Crippen LogP contribution in [0.1, 0.15) is 29.2 Å². The maximum absolute atomic E-state index is 13.2. The van der Waals surface area contributed by atoms with E-state index in [-0.39, 0.29) is 17.2 Å². The number of benzene rings is 3. The molecular weight excluding hydrogens is 480 g/mol. The van der Waals surface area contributed by atoms with E-state index in [2.05, 4.69) is 5.32 Å². The van der Waals surface area contributed by atoms with Crippen molar-refractivity contribution >= 4 is 41.2 Å². The minimum absolute atomic E-state index is 0.208. The number of ether oxygens (including phenoxy) is 2. The van der Waals surface area contributed by atoms with Crippen molar-refractivity contribution < 1.29 is 23.9 Å². The third kappa shape index (κ3) is 5.26. The van der Waals surface area contributed by atoms with Crippen LogP contribution in [0.4, 0.5) is 10.5 Å². The molecule has 0 atom stereocenters. The van der Waals surface area contributed by atoms with E-state index in [0.29, 0.717) is 22.7 Å². The summed E-state index contributed by atoms with van der Waals surface area (Å²) in [4.78, 5) is 39.1. The smallest absolute Gasteiger partial charge is 0.335 e. The van der Waals surface area contributed by atoms with Gasteiger partial charge in [-0.25, -0.2) is 9.69 Å². The van der Waals surface area contributed by atoms with Gasteiger partial charge in [-0.1, -0.05) is 60.5 Å². The largest absolute Gasteiger partial charge is 0.493 e. The average Bonchev–Trinajstić information content (AvgIpc) is 2.86. The molecule has 1 N–H and O–H groups in total. The van der Waals surface area contributed by atoms with Crippen LogP contribution < -0.4 is 19.7 Å². The summed E-state index contributed by atoms with van der Waals surface area (Å²) in [6.07, 6.45) is 2.19. The molecule has 1 saturated heterocycles. The Labute approximate surface area is 214 Å². The van der Waals surface area contributed by atoms with E-state index in [1.165, 1.54) is 13.2 Å². The van der Waals surface area contributed by atoms with Crippen molar-refractivity contribution in [3.63, 3.8) is 0 Å². The lowest BCUT2D eigenvalue weighted by Gasteiger charge is -2.26. The standard InChI is InChI=1S/C28H25ClN2O5/c1-4-18-8-10-21(11-9-18)31-27(33)22(26(32)30-28(31)34)13-20-14-23(29)25(24(15-20)35-3)36-16-19-7-5-6-17(2)12-19/h5-15H,4,16H2,1-3H3,(H,30,32,34)/b22-13-. The Balaban J connectivity index is 1.63. The normalized spacial score (nSPS) is 14.7. The number of rotatable bonds is 7. The lowest BCUT2D eigenvalue weighted by molar-refractivity contribution is -0.122. The van der Waals surface area contributed by atoms with E-state index >= 15 is 0 Å². The minimum Gasteiger partial charge on any atom is -0.493 e. The number of carbonyl (C=O) groups is 3. The van der Waals surface area contributed by atoms with Gasteiger partial charge < -0.3 is 9.47 Å². The van der Waals surface area contributed by atoms with Gasteiger partial charge in [0.2, 0.25) is 0 Å². The predicted molar refractivity (Wildman–Crippen MR) is 138 cm³/mol. The zero-order chi connectivity index (χ0) is 25.8. The molecule has 0 unspecified atom stereocenters. The maximum Gasteiger partial charge on any atom is 0.335 e. The number of imide groups is 2. The van der Waals surface area contributed by atoms with Crippen LogP contribution >= 0.6 is 11.6 Å². The van der Waals surface area contributed by atoms with Crippen LogP contribution in [-0.2, 0) is 22.6 Å². The van der Waals surface area contributed by atoms with Crippen molar-refractivity contribution in [3.05, 3.63) is 93.5 Å². The Morgan fingerprint density at radius 3 is 2.42 bits per heavy atom. The molecular formula is C28H25ClN2O5. The fraction of sp³-hybridized carbons (Fsp3) is 0.179. The van der Waals surface area contributed by atoms with Crippen molar-refractivity contribution in [2.75, 3.05) is 12.0 Å². The number of hydrogen-bond donors (Lipinski definition) is 1. The van der Waals surface area contributed by atoms with E-state index in [9.17, 15) is 14.4 Å². The highest BCUT2D eigenvalue weighted by Gasteiger charge is 2.36. The van der Waals surface area contributed by atoms with Gasteiger partial charge in [0.1, 0.15) is 12.2 Å². The number of aryl methyl sites for hydroxylation is 2. The zero-order valence-corrected chi connectivity index (χ0v) is 20.9. The molecule has 4 amide bonds. The first-order valence-electron chi connectivity index (χ1n) is 11.4. The second-order valence-corrected chi connectivity index (χ2v) is 8.70. The topological polar surface area (TPSA) is 84.9 Å². The van der Waals surface area contributed by atoms with Gasteiger partial charge in [-0.05, 0) is 60.4 Å². The summed E-state index contributed by atoms with van der Waals surface area (Å²) >= 11 is 6.49. The van der Waals surface area contributed by atoms with Crippen LogP contribution in [0.3, 0.4) is 0 Å². The fourth-order valence-electron chi connectivity index (χ4n) is 3.86. The second kappa shape index (κ2) is 10.7. The lowest BCUT2D eigenvalue weighted by Crippen LogP contribution is -2.54. The van der Waals surface area contributed by atoms with Crippen molar-refractivity contribution in [2.24, 2.45) is 0 Å². The number of urea groups is 1. The van der Waals surface area contributed by atoms with Gasteiger partial charge >= 0.3 is 6.03 Å². The third-order valence-corrected chi connectivity index (χ3v) is 6.01. The molecule has 0 spiro atoms. The third-order valence-electron chi connectivity index (χ3n) is 5.73. The van der Waals surface area contributed by atoms with E-state index in [1.54, 1.807) is 24.3 Å². The van der Waals surface area contributed by atoms with Crippen LogP contribution in [0.25, 0.3) is 6.08 Å². The van der Waals surface area contributed by atoms with E-state index in [1.807, 2.05) is 50.2 Å². The summed E-state index contributed by atoms with van der Waals surface area (Å²) in [6.45, 7) is 4.29. The van der Waals surface area contributed by atoms with Gasteiger partial charge in [0.15, 0.2) is 11.5 Å². The SMILES string of the molecule is CCc1ccc(N2C(=O)NC(=O)/C(=C/c3cc(Cl)c(OCc4cccc(C)c4)c(OC)c3)C2=O)cc1. The minimum atomic E-state index is -0.804. The van der Waals surface area contributed by atoms with E-state index in [0.717, 1.165) is 28.0 Å². The molecule has 36 heavy (non-hydrogen) atoms. The fourth-order valence-corrected chi connectivity index (χ4v) is 4.13. The molecule has 0 aromatic heterocycles. The summed E-state index contributed by atoms with van der Waals surface area (Å²) in [6, 6.07) is 17.3. The first kappa shape index (κ1) is 25.0. The maximum atomic E-state index is 13.2. The number of hydrogen-bond acceptors (Lipinski definition) is 5. The van der Waals surface area contributed by atoms with Gasteiger partial charge in [0, 0.05) is 0 Å². The van der Waals surface area contributed by atoms with Crippen molar-refractivity contribution in [1.82, 2.24) is 5.32 Å². The summed E-state index contributed by atoms with van der Waals surface area (Å²) < 4.78 is 11.4. The van der Waals surface area contributed by atoms with E-state index < -0.39 is 17.8 Å². The number of anilines is 1. The molecule has 3 aromatic carbocycles. The molecule has 1 heterocycles. The summed E-state index contributed by atoms with van der Waals surface area (Å²) in [5, 5.41) is 2.48. The Morgan fingerprint density at radius 2 is 1.75 bits per heavy atom. The number of methoxy groups -OCH3 is 1. The Morgan fingerprint density at radius 1 is 1.00 bits per heavy atom. The molecule has 3 aromatic rings. The highest BCUT2D eigenvalue weighted by Crippen LogP contribution is 2.38. The van der Waals surface area contributed by atoms with Gasteiger partial charge in [0.25, 0.3) is 11.8 Å². The molecule has 0 saturated carbocycles. The van der Waals surface area contributed by atoms with Crippen LogP contribution in [0.2, 0.25) is 5.02 Å². The molecule has 0 radical (unpaired) electrons. The van der Waals surface area contributed by atoms with Gasteiger partial charge in [-0.3, -0.25) is 14.9 Å². The van der Waals surface area contributed by atoms with Gasteiger partial charge in [-0.15, -0.1) is 0 Å². The molecule has 0 bridgehead atoms. The number of barbiturate groups is 1. The molecule has 8 heteroatoms. The summed E-state index contributed by atoms with van der Waals surface area (Å²) in [5.41, 5.74) is 3.74. The number of nitrogens with zero attached hydrogens (tertiary/aromatic N) is 1. The Bertz CT molecular complexity index is 1360. The second-order valence-electron chi connectivity index (χ2n) is 8.29. The number of amides is 4. The zero-order valence-electron chi connectivity index (χ0n) is 20.1. The molecule has 7 nitrogen and oxygen atoms in total. The Kier molecular flexibility index (Phi) is 7.41. The molecule has 1 aliphatic heterocycles. The van der Waals surface area contributed by atoms with E-state index in [4.69, 9.17) is 21.1 Å². The first-order valence-corrected chi connectivity index (χ1v) is 11.7.